The third-order valence-electron chi connectivity index (χ3n) is 2.31. The summed E-state index contributed by atoms with van der Waals surface area (Å²) in [6, 6.07) is 7.00. The molecule has 0 aromatic carbocycles. The quantitative estimate of drug-likeness (QED) is 0.539. The minimum absolute atomic E-state index is 0.130. The molecule has 0 saturated heterocycles. The zero-order valence-electron chi connectivity index (χ0n) is 8.04. The van der Waals surface area contributed by atoms with E-state index in [0.29, 0.717) is 17.1 Å². The lowest BCUT2D eigenvalue weighted by Gasteiger charge is -1.91. The number of hydrogen-bond acceptors (Lipinski definition) is 5. The molecule has 0 aliphatic carbocycles. The Morgan fingerprint density at radius 1 is 0.938 bits per heavy atom. The van der Waals surface area contributed by atoms with Crippen molar-refractivity contribution in [2.75, 3.05) is 0 Å². The van der Waals surface area contributed by atoms with Crippen molar-refractivity contribution in [1.82, 2.24) is 15.0 Å². The standard InChI is InChI=1S/C11H5N3O2/c15-10-9-8(14-11(10)16)5-7(13-9)6-3-1-2-4-12-6/h1-5H. The van der Waals surface area contributed by atoms with E-state index in [4.69, 9.17) is 0 Å². The Morgan fingerprint density at radius 2 is 1.81 bits per heavy atom. The predicted molar refractivity (Wildman–Crippen MR) is 56.8 cm³/mol. The highest BCUT2D eigenvalue weighted by Crippen LogP contribution is 2.22. The molecule has 3 rings (SSSR count). The minimum atomic E-state index is -0.745. The molecule has 0 bridgehead atoms. The highest BCUT2D eigenvalue weighted by atomic mass is 16.2. The molecule has 5 nitrogen and oxygen atoms in total. The van der Waals surface area contributed by atoms with E-state index in [1.165, 1.54) is 0 Å². The molecule has 2 aliphatic heterocycles. The lowest BCUT2D eigenvalue weighted by Crippen LogP contribution is -2.19. The van der Waals surface area contributed by atoms with Crippen LogP contribution in [-0.4, -0.2) is 15.0 Å². The van der Waals surface area contributed by atoms with Crippen molar-refractivity contribution in [2.45, 2.75) is 0 Å². The van der Waals surface area contributed by atoms with Gasteiger partial charge in [-0.25, -0.2) is 9.97 Å². The summed E-state index contributed by atoms with van der Waals surface area (Å²) in [5.41, 5.74) is 0.311. The van der Waals surface area contributed by atoms with Crippen LogP contribution < -0.4 is 11.0 Å². The van der Waals surface area contributed by atoms with Crippen molar-refractivity contribution in [1.29, 1.82) is 0 Å². The molecule has 0 atom stereocenters. The highest BCUT2D eigenvalue weighted by Gasteiger charge is 2.19. The van der Waals surface area contributed by atoms with Gasteiger partial charge in [-0.2, -0.15) is 0 Å². The molecule has 1 aromatic heterocycles. The maximum Gasteiger partial charge on any atom is 0.320 e. The molecule has 0 amide bonds. The first kappa shape index (κ1) is 8.84. The average molecular weight is 211 g/mol. The number of nitrogens with zero attached hydrogens (tertiary/aromatic N) is 3. The summed E-state index contributed by atoms with van der Waals surface area (Å²) in [5, 5.41) is 0. The first-order valence-corrected chi connectivity index (χ1v) is 4.65. The number of hydrogen-bond donors (Lipinski definition) is 0. The zero-order valence-corrected chi connectivity index (χ0v) is 8.04. The van der Waals surface area contributed by atoms with E-state index in [0.717, 1.165) is 0 Å². The third kappa shape index (κ3) is 1.15. The van der Waals surface area contributed by atoms with Crippen LogP contribution in [0.5, 0.6) is 0 Å². The fraction of sp³-hybridized carbons (Fsp3) is 0. The van der Waals surface area contributed by atoms with Gasteiger partial charge in [0.1, 0.15) is 5.69 Å². The van der Waals surface area contributed by atoms with E-state index < -0.39 is 11.0 Å². The van der Waals surface area contributed by atoms with Gasteiger partial charge in [0.2, 0.25) is 0 Å². The second-order valence-corrected chi connectivity index (χ2v) is 3.34. The molecule has 0 saturated carbocycles. The van der Waals surface area contributed by atoms with Gasteiger partial charge in [0.15, 0.2) is 0 Å². The van der Waals surface area contributed by atoms with Gasteiger partial charge in [-0.1, -0.05) is 6.07 Å². The topological polar surface area (TPSA) is 72.8 Å². The van der Waals surface area contributed by atoms with Gasteiger partial charge in [-0.3, -0.25) is 14.6 Å². The molecule has 0 unspecified atom stereocenters. The van der Waals surface area contributed by atoms with Crippen LogP contribution in [0.2, 0.25) is 0 Å². The Morgan fingerprint density at radius 3 is 2.50 bits per heavy atom. The monoisotopic (exact) mass is 211 g/mol. The summed E-state index contributed by atoms with van der Waals surface area (Å²) in [6.45, 7) is 0. The molecule has 0 fully saturated rings. The lowest BCUT2D eigenvalue weighted by molar-refractivity contribution is 1.27. The van der Waals surface area contributed by atoms with Crippen molar-refractivity contribution in [3.8, 4) is 22.8 Å². The predicted octanol–water partition coefficient (Wildman–Crippen LogP) is 0.239. The van der Waals surface area contributed by atoms with Gasteiger partial charge < -0.3 is 0 Å². The van der Waals surface area contributed by atoms with Crippen LogP contribution >= 0.6 is 0 Å². The van der Waals surface area contributed by atoms with Gasteiger partial charge in [-0.05, 0) is 18.2 Å². The minimum Gasteiger partial charge on any atom is -0.281 e. The largest absolute Gasteiger partial charge is 0.320 e. The molecule has 0 spiro atoms. The zero-order chi connectivity index (χ0) is 11.1. The van der Waals surface area contributed by atoms with E-state index in [1.807, 2.05) is 6.07 Å². The molecule has 3 heterocycles. The van der Waals surface area contributed by atoms with Crippen molar-refractivity contribution in [3.63, 3.8) is 0 Å². The van der Waals surface area contributed by atoms with Gasteiger partial charge in [-0.15, -0.1) is 0 Å². The van der Waals surface area contributed by atoms with Gasteiger partial charge in [0.05, 0.1) is 17.1 Å². The Bertz CT molecular complexity index is 699. The molecule has 0 radical (unpaired) electrons. The van der Waals surface area contributed by atoms with Crippen LogP contribution in [0.3, 0.4) is 0 Å². The van der Waals surface area contributed by atoms with Crippen molar-refractivity contribution in [3.05, 3.63) is 51.0 Å². The smallest absolute Gasteiger partial charge is 0.281 e. The third-order valence-corrected chi connectivity index (χ3v) is 2.31. The van der Waals surface area contributed by atoms with Crippen LogP contribution in [0.1, 0.15) is 0 Å². The second kappa shape index (κ2) is 3.03. The Labute approximate surface area is 89.5 Å². The SMILES string of the molecule is O=c1nc2cc(-c3ccccn3)nc-2c1=O. The van der Waals surface area contributed by atoms with E-state index in [9.17, 15) is 9.59 Å². The van der Waals surface area contributed by atoms with Crippen LogP contribution in [0.25, 0.3) is 22.8 Å². The van der Waals surface area contributed by atoms with E-state index >= 15 is 0 Å². The van der Waals surface area contributed by atoms with Crippen LogP contribution in [0, 0.1) is 0 Å². The molecular weight excluding hydrogens is 206 g/mol. The summed E-state index contributed by atoms with van der Waals surface area (Å²) in [6.07, 6.45) is 1.64. The molecule has 0 N–H and O–H groups in total. The lowest BCUT2D eigenvalue weighted by atomic mass is 10.3. The van der Waals surface area contributed by atoms with Gasteiger partial charge in [0, 0.05) is 6.20 Å². The summed E-state index contributed by atoms with van der Waals surface area (Å²) < 4.78 is 0. The number of pyridine rings is 1. The maximum atomic E-state index is 11.3. The molecule has 5 heteroatoms. The number of rotatable bonds is 1. The van der Waals surface area contributed by atoms with Crippen molar-refractivity contribution < 1.29 is 0 Å². The first-order chi connectivity index (χ1) is 7.75. The second-order valence-electron chi connectivity index (χ2n) is 3.34. The van der Waals surface area contributed by atoms with Gasteiger partial charge >= 0.3 is 5.56 Å². The van der Waals surface area contributed by atoms with Gasteiger partial charge in [0.25, 0.3) is 5.43 Å². The average Bonchev–Trinajstić information content (AvgIpc) is 2.82. The maximum absolute atomic E-state index is 11.3. The Kier molecular flexibility index (Phi) is 1.67. The Balaban J connectivity index is 2.25. The number of fused-ring (bicyclic) bond motifs is 1. The Hall–Kier alpha value is -2.43. The van der Waals surface area contributed by atoms with Crippen molar-refractivity contribution >= 4 is 0 Å². The fourth-order valence-corrected chi connectivity index (χ4v) is 1.57. The van der Waals surface area contributed by atoms with Crippen LogP contribution in [0.15, 0.2) is 40.1 Å². The summed E-state index contributed by atoms with van der Waals surface area (Å²) in [5.74, 6) is 0. The fourth-order valence-electron chi connectivity index (χ4n) is 1.57. The van der Waals surface area contributed by atoms with Crippen molar-refractivity contribution in [2.24, 2.45) is 0 Å². The highest BCUT2D eigenvalue weighted by molar-refractivity contribution is 5.69. The van der Waals surface area contributed by atoms with E-state index in [1.54, 1.807) is 24.4 Å². The van der Waals surface area contributed by atoms with E-state index in [2.05, 4.69) is 15.0 Å². The number of aromatic nitrogens is 3. The molecule has 2 aliphatic rings. The van der Waals surface area contributed by atoms with E-state index in [-0.39, 0.29) is 5.69 Å². The molecular formula is C11H5N3O2. The first-order valence-electron chi connectivity index (χ1n) is 4.65. The van der Waals surface area contributed by atoms with Crippen LogP contribution in [0.4, 0.5) is 0 Å². The summed E-state index contributed by atoms with van der Waals surface area (Å²) in [7, 11) is 0. The molecule has 16 heavy (non-hydrogen) atoms. The van der Waals surface area contributed by atoms with Crippen LogP contribution in [-0.2, 0) is 0 Å². The summed E-state index contributed by atoms with van der Waals surface area (Å²) in [4.78, 5) is 34.1. The normalized spacial score (nSPS) is 11.0. The molecule has 76 valence electrons. The summed E-state index contributed by atoms with van der Waals surface area (Å²) >= 11 is 0. The molecule has 1 aromatic rings.